The highest BCUT2D eigenvalue weighted by molar-refractivity contribution is 5.22. The first-order chi connectivity index (χ1) is 8.78. The zero-order valence-electron chi connectivity index (χ0n) is 9.88. The second-order valence-electron chi connectivity index (χ2n) is 4.10. The molecule has 1 atom stereocenters. The second kappa shape index (κ2) is 6.21. The molecule has 1 aromatic carbocycles. The number of rotatable bonds is 6. The van der Waals surface area contributed by atoms with Crippen LogP contribution in [0.4, 0.5) is 4.39 Å². The van der Waals surface area contributed by atoms with Crippen LogP contribution >= 0.6 is 0 Å². The van der Waals surface area contributed by atoms with E-state index in [1.54, 1.807) is 18.4 Å². The molecule has 0 saturated carbocycles. The van der Waals surface area contributed by atoms with Crippen molar-refractivity contribution >= 4 is 0 Å². The highest BCUT2D eigenvalue weighted by Crippen LogP contribution is 2.14. The van der Waals surface area contributed by atoms with Gasteiger partial charge in [0.05, 0.1) is 12.9 Å². The molecule has 0 aliphatic rings. The smallest absolute Gasteiger partial charge is 0.123 e. The molecule has 2 aromatic rings. The SMILES string of the molecule is OCC(COc1ccc(F)cc1)Cc1ccco1. The third kappa shape index (κ3) is 3.60. The largest absolute Gasteiger partial charge is 0.493 e. The van der Waals surface area contributed by atoms with Crippen LogP contribution in [0.25, 0.3) is 0 Å². The van der Waals surface area contributed by atoms with Crippen LogP contribution in [0.2, 0.25) is 0 Å². The number of halogens is 1. The van der Waals surface area contributed by atoms with Crippen molar-refractivity contribution in [3.8, 4) is 5.75 Å². The summed E-state index contributed by atoms with van der Waals surface area (Å²) in [6, 6.07) is 9.49. The number of aliphatic hydroxyl groups is 1. The predicted molar refractivity (Wildman–Crippen MR) is 64.9 cm³/mol. The quantitative estimate of drug-likeness (QED) is 0.857. The average Bonchev–Trinajstić information content (AvgIpc) is 2.89. The van der Waals surface area contributed by atoms with Crippen molar-refractivity contribution in [2.75, 3.05) is 13.2 Å². The van der Waals surface area contributed by atoms with Crippen molar-refractivity contribution in [3.63, 3.8) is 0 Å². The van der Waals surface area contributed by atoms with Gasteiger partial charge < -0.3 is 14.3 Å². The number of ether oxygens (including phenoxy) is 1. The maximum Gasteiger partial charge on any atom is 0.123 e. The molecule has 0 aliphatic carbocycles. The first-order valence-electron chi connectivity index (χ1n) is 5.79. The number of benzene rings is 1. The van der Waals surface area contributed by atoms with E-state index in [-0.39, 0.29) is 18.3 Å². The van der Waals surface area contributed by atoms with Crippen LogP contribution in [0, 0.1) is 11.7 Å². The van der Waals surface area contributed by atoms with Gasteiger partial charge in [-0.05, 0) is 36.4 Å². The molecule has 3 nitrogen and oxygen atoms in total. The molecule has 0 fully saturated rings. The van der Waals surface area contributed by atoms with Crippen LogP contribution in [-0.4, -0.2) is 18.3 Å². The summed E-state index contributed by atoms with van der Waals surface area (Å²) in [5.74, 6) is 1.07. The Bertz CT molecular complexity index is 450. The van der Waals surface area contributed by atoms with Crippen LogP contribution in [0.3, 0.4) is 0 Å². The van der Waals surface area contributed by atoms with Crippen LogP contribution in [0.5, 0.6) is 5.75 Å². The molecular formula is C14H15FO3. The van der Waals surface area contributed by atoms with Crippen molar-refractivity contribution in [3.05, 3.63) is 54.2 Å². The summed E-state index contributed by atoms with van der Waals surface area (Å²) in [6.07, 6.45) is 2.22. The van der Waals surface area contributed by atoms with E-state index in [1.807, 2.05) is 12.1 Å². The van der Waals surface area contributed by atoms with E-state index in [9.17, 15) is 9.50 Å². The van der Waals surface area contributed by atoms with Crippen molar-refractivity contribution in [1.82, 2.24) is 0 Å². The maximum atomic E-state index is 12.7. The molecule has 0 amide bonds. The van der Waals surface area contributed by atoms with Crippen molar-refractivity contribution in [1.29, 1.82) is 0 Å². The minimum Gasteiger partial charge on any atom is -0.493 e. The number of furan rings is 1. The lowest BCUT2D eigenvalue weighted by Gasteiger charge is -2.14. The Morgan fingerprint density at radius 3 is 2.61 bits per heavy atom. The maximum absolute atomic E-state index is 12.7. The molecule has 1 aromatic heterocycles. The zero-order valence-corrected chi connectivity index (χ0v) is 9.88. The minimum atomic E-state index is -0.295. The lowest BCUT2D eigenvalue weighted by atomic mass is 10.1. The van der Waals surface area contributed by atoms with Gasteiger partial charge in [0.2, 0.25) is 0 Å². The molecule has 18 heavy (non-hydrogen) atoms. The van der Waals surface area contributed by atoms with Gasteiger partial charge in [-0.1, -0.05) is 0 Å². The summed E-state index contributed by atoms with van der Waals surface area (Å²) >= 11 is 0. The Balaban J connectivity index is 1.85. The number of hydrogen-bond donors (Lipinski definition) is 1. The summed E-state index contributed by atoms with van der Waals surface area (Å²) in [5, 5.41) is 9.27. The van der Waals surface area contributed by atoms with Crippen molar-refractivity contribution in [2.24, 2.45) is 5.92 Å². The van der Waals surface area contributed by atoms with Gasteiger partial charge in [-0.15, -0.1) is 0 Å². The molecule has 1 unspecified atom stereocenters. The standard InChI is InChI=1S/C14H15FO3/c15-12-3-5-13(6-4-12)18-10-11(9-16)8-14-2-1-7-17-14/h1-7,11,16H,8-10H2. The Kier molecular flexibility index (Phi) is 4.36. The van der Waals surface area contributed by atoms with E-state index >= 15 is 0 Å². The summed E-state index contributed by atoms with van der Waals surface area (Å²) in [7, 11) is 0. The van der Waals surface area contributed by atoms with Gasteiger partial charge in [0.1, 0.15) is 17.3 Å². The second-order valence-corrected chi connectivity index (χ2v) is 4.10. The first kappa shape index (κ1) is 12.6. The van der Waals surface area contributed by atoms with Crippen LogP contribution in [0.15, 0.2) is 47.1 Å². The van der Waals surface area contributed by atoms with E-state index in [0.29, 0.717) is 18.8 Å². The molecule has 1 N–H and O–H groups in total. The molecule has 2 rings (SSSR count). The highest BCUT2D eigenvalue weighted by atomic mass is 19.1. The number of aliphatic hydroxyl groups excluding tert-OH is 1. The van der Waals surface area contributed by atoms with Crippen LogP contribution < -0.4 is 4.74 Å². The highest BCUT2D eigenvalue weighted by Gasteiger charge is 2.11. The van der Waals surface area contributed by atoms with E-state index in [0.717, 1.165) is 5.76 Å². The molecule has 4 heteroatoms. The van der Waals surface area contributed by atoms with Gasteiger partial charge >= 0.3 is 0 Å². The Labute approximate surface area is 105 Å². The minimum absolute atomic E-state index is 0.0158. The molecule has 0 saturated heterocycles. The summed E-state index contributed by atoms with van der Waals surface area (Å²) < 4.78 is 23.4. The molecular weight excluding hydrogens is 235 g/mol. The van der Waals surface area contributed by atoms with Gasteiger partial charge in [0.15, 0.2) is 0 Å². The zero-order chi connectivity index (χ0) is 12.8. The van der Waals surface area contributed by atoms with E-state index < -0.39 is 0 Å². The lowest BCUT2D eigenvalue weighted by Crippen LogP contribution is -2.18. The predicted octanol–water partition coefficient (Wildman–Crippen LogP) is 2.65. The normalized spacial score (nSPS) is 12.3. The van der Waals surface area contributed by atoms with E-state index in [2.05, 4.69) is 0 Å². The first-order valence-corrected chi connectivity index (χ1v) is 5.79. The van der Waals surface area contributed by atoms with Gasteiger partial charge in [-0.2, -0.15) is 0 Å². The van der Waals surface area contributed by atoms with Crippen molar-refractivity contribution < 1.29 is 18.7 Å². The summed E-state index contributed by atoms with van der Waals surface area (Å²) in [5.41, 5.74) is 0. The van der Waals surface area contributed by atoms with Gasteiger partial charge in [0, 0.05) is 18.9 Å². The van der Waals surface area contributed by atoms with Gasteiger partial charge in [-0.3, -0.25) is 0 Å². The van der Waals surface area contributed by atoms with Crippen LogP contribution in [0.1, 0.15) is 5.76 Å². The molecule has 1 heterocycles. The van der Waals surface area contributed by atoms with E-state index in [4.69, 9.17) is 9.15 Å². The number of hydrogen-bond acceptors (Lipinski definition) is 3. The fourth-order valence-corrected chi connectivity index (χ4v) is 1.63. The molecule has 0 spiro atoms. The van der Waals surface area contributed by atoms with Gasteiger partial charge in [0.25, 0.3) is 0 Å². The summed E-state index contributed by atoms with van der Waals surface area (Å²) in [6.45, 7) is 0.380. The average molecular weight is 250 g/mol. The fraction of sp³-hybridized carbons (Fsp3) is 0.286. The third-order valence-corrected chi connectivity index (χ3v) is 2.63. The Hall–Kier alpha value is -1.81. The lowest BCUT2D eigenvalue weighted by molar-refractivity contribution is 0.158. The summed E-state index contributed by atoms with van der Waals surface area (Å²) in [4.78, 5) is 0. The third-order valence-electron chi connectivity index (χ3n) is 2.63. The fourth-order valence-electron chi connectivity index (χ4n) is 1.63. The van der Waals surface area contributed by atoms with Gasteiger partial charge in [-0.25, -0.2) is 4.39 Å². The molecule has 0 aliphatic heterocycles. The molecule has 96 valence electrons. The monoisotopic (exact) mass is 250 g/mol. The molecule has 0 radical (unpaired) electrons. The Morgan fingerprint density at radius 2 is 2.00 bits per heavy atom. The Morgan fingerprint density at radius 1 is 1.22 bits per heavy atom. The van der Waals surface area contributed by atoms with E-state index in [1.165, 1.54) is 12.1 Å². The topological polar surface area (TPSA) is 42.6 Å². The molecule has 0 bridgehead atoms. The van der Waals surface area contributed by atoms with Crippen molar-refractivity contribution in [2.45, 2.75) is 6.42 Å². The van der Waals surface area contributed by atoms with Crippen LogP contribution in [-0.2, 0) is 6.42 Å².